The zero-order valence-electron chi connectivity index (χ0n) is 7.70. The summed E-state index contributed by atoms with van der Waals surface area (Å²) in [6.07, 6.45) is 5.75. The van der Waals surface area contributed by atoms with Crippen molar-refractivity contribution in [3.8, 4) is 0 Å². The van der Waals surface area contributed by atoms with Crippen LogP contribution >= 0.6 is 11.8 Å². The predicted molar refractivity (Wildman–Crippen MR) is 57.3 cm³/mol. The predicted octanol–water partition coefficient (Wildman–Crippen LogP) is 3.82. The second-order valence-corrected chi connectivity index (χ2v) is 5.37. The molecule has 68 valence electrons. The molecular formula is C12H14S. The summed E-state index contributed by atoms with van der Waals surface area (Å²) < 4.78 is 0. The smallest absolute Gasteiger partial charge is 0.0164 e. The van der Waals surface area contributed by atoms with Crippen LogP contribution in [0.15, 0.2) is 29.2 Å². The molecule has 0 radical (unpaired) electrons. The summed E-state index contributed by atoms with van der Waals surface area (Å²) in [6, 6.07) is 8.98. The van der Waals surface area contributed by atoms with E-state index in [1.807, 2.05) is 0 Å². The Morgan fingerprint density at radius 1 is 1.08 bits per heavy atom. The average Bonchev–Trinajstić information content (AvgIpc) is 2.56. The Hall–Kier alpha value is -0.430. The quantitative estimate of drug-likeness (QED) is 0.599. The summed E-state index contributed by atoms with van der Waals surface area (Å²) >= 11 is 2.12. The van der Waals surface area contributed by atoms with Crippen LogP contribution in [-0.4, -0.2) is 5.25 Å². The Labute approximate surface area is 83.7 Å². The third kappa shape index (κ3) is 1.21. The Balaban J connectivity index is 2.01. The summed E-state index contributed by atoms with van der Waals surface area (Å²) in [7, 11) is 0. The molecule has 1 aliphatic carbocycles. The molecule has 0 aromatic heterocycles. The molecule has 1 heterocycles. The molecule has 13 heavy (non-hydrogen) atoms. The monoisotopic (exact) mass is 190 g/mol. The van der Waals surface area contributed by atoms with Gasteiger partial charge in [0.1, 0.15) is 0 Å². The first kappa shape index (κ1) is 7.93. The van der Waals surface area contributed by atoms with Crippen molar-refractivity contribution >= 4 is 11.8 Å². The minimum Gasteiger partial charge on any atom is -0.122 e. The largest absolute Gasteiger partial charge is 0.122 e. The molecule has 0 bridgehead atoms. The molecule has 1 aromatic rings. The van der Waals surface area contributed by atoms with E-state index in [0.717, 1.165) is 11.2 Å². The maximum absolute atomic E-state index is 2.33. The van der Waals surface area contributed by atoms with E-state index in [1.54, 1.807) is 10.5 Å². The standard InChI is InChI=1S/C12H14S/c1-3-7-11-9(5-1)10-6-2-4-8-12(10)13-11/h1,3,5,7,10,12H,2,4,6,8H2/t10-,12+/m1/s1. The first-order valence-corrected chi connectivity index (χ1v) is 6.09. The van der Waals surface area contributed by atoms with E-state index in [-0.39, 0.29) is 0 Å². The van der Waals surface area contributed by atoms with Gasteiger partial charge in [0.25, 0.3) is 0 Å². The van der Waals surface area contributed by atoms with Gasteiger partial charge in [-0.25, -0.2) is 0 Å². The lowest BCUT2D eigenvalue weighted by Gasteiger charge is -2.24. The maximum atomic E-state index is 2.33. The van der Waals surface area contributed by atoms with Gasteiger partial charge in [-0.1, -0.05) is 31.0 Å². The van der Waals surface area contributed by atoms with Crippen LogP contribution in [0.4, 0.5) is 0 Å². The molecule has 2 atom stereocenters. The number of fused-ring (bicyclic) bond motifs is 3. The number of benzene rings is 1. The fraction of sp³-hybridized carbons (Fsp3) is 0.500. The molecule has 0 saturated heterocycles. The Bertz CT molecular complexity index is 319. The van der Waals surface area contributed by atoms with Crippen LogP contribution in [0.2, 0.25) is 0 Å². The molecule has 1 saturated carbocycles. The van der Waals surface area contributed by atoms with Crippen molar-refractivity contribution < 1.29 is 0 Å². The molecule has 1 fully saturated rings. The molecule has 0 nitrogen and oxygen atoms in total. The molecule has 0 N–H and O–H groups in total. The van der Waals surface area contributed by atoms with Crippen molar-refractivity contribution in [2.75, 3.05) is 0 Å². The second-order valence-electron chi connectivity index (χ2n) is 4.09. The maximum Gasteiger partial charge on any atom is 0.0164 e. The molecule has 0 spiro atoms. The summed E-state index contributed by atoms with van der Waals surface area (Å²) in [5.41, 5.74) is 1.64. The van der Waals surface area contributed by atoms with Crippen molar-refractivity contribution in [1.82, 2.24) is 0 Å². The Morgan fingerprint density at radius 3 is 2.92 bits per heavy atom. The lowest BCUT2D eigenvalue weighted by Crippen LogP contribution is -2.14. The molecule has 1 aromatic carbocycles. The van der Waals surface area contributed by atoms with Gasteiger partial charge >= 0.3 is 0 Å². The van der Waals surface area contributed by atoms with E-state index in [2.05, 4.69) is 36.0 Å². The van der Waals surface area contributed by atoms with Gasteiger partial charge < -0.3 is 0 Å². The van der Waals surface area contributed by atoms with Crippen LogP contribution < -0.4 is 0 Å². The Kier molecular flexibility index (Phi) is 1.86. The number of rotatable bonds is 0. The van der Waals surface area contributed by atoms with Crippen molar-refractivity contribution in [2.45, 2.75) is 41.7 Å². The minimum atomic E-state index is 0.884. The molecule has 0 unspecified atom stereocenters. The molecule has 3 rings (SSSR count). The molecule has 1 heteroatoms. The van der Waals surface area contributed by atoms with E-state index in [0.29, 0.717) is 0 Å². The van der Waals surface area contributed by atoms with Gasteiger partial charge in [0.15, 0.2) is 0 Å². The van der Waals surface area contributed by atoms with Crippen LogP contribution in [0.3, 0.4) is 0 Å². The third-order valence-corrected chi connectivity index (χ3v) is 4.79. The molecule has 2 aliphatic rings. The van der Waals surface area contributed by atoms with Gasteiger partial charge in [0.05, 0.1) is 0 Å². The van der Waals surface area contributed by atoms with Crippen LogP contribution in [0.5, 0.6) is 0 Å². The van der Waals surface area contributed by atoms with Gasteiger partial charge in [-0.15, -0.1) is 11.8 Å². The normalized spacial score (nSPS) is 31.1. The SMILES string of the molecule is c1ccc2c(c1)S[C@H]1CCCC[C@H]21. The first-order chi connectivity index (χ1) is 6.45. The minimum absolute atomic E-state index is 0.884. The van der Waals surface area contributed by atoms with Crippen molar-refractivity contribution in [3.05, 3.63) is 29.8 Å². The summed E-state index contributed by atoms with van der Waals surface area (Å²) in [5.74, 6) is 0.884. The topological polar surface area (TPSA) is 0 Å². The fourth-order valence-corrected chi connectivity index (χ4v) is 4.22. The Morgan fingerprint density at radius 2 is 1.92 bits per heavy atom. The summed E-state index contributed by atoms with van der Waals surface area (Å²) in [4.78, 5) is 1.56. The van der Waals surface area contributed by atoms with Gasteiger partial charge in [-0.05, 0) is 30.4 Å². The fourth-order valence-electron chi connectivity index (χ4n) is 2.65. The van der Waals surface area contributed by atoms with Crippen molar-refractivity contribution in [2.24, 2.45) is 0 Å². The highest BCUT2D eigenvalue weighted by atomic mass is 32.2. The zero-order chi connectivity index (χ0) is 8.67. The van der Waals surface area contributed by atoms with Gasteiger partial charge in [0.2, 0.25) is 0 Å². The number of thioether (sulfide) groups is 1. The van der Waals surface area contributed by atoms with E-state index < -0.39 is 0 Å². The highest BCUT2D eigenvalue weighted by Crippen LogP contribution is 2.51. The van der Waals surface area contributed by atoms with Crippen molar-refractivity contribution in [3.63, 3.8) is 0 Å². The summed E-state index contributed by atoms with van der Waals surface area (Å²) in [6.45, 7) is 0. The lowest BCUT2D eigenvalue weighted by molar-refractivity contribution is 0.461. The van der Waals surface area contributed by atoms with E-state index in [1.165, 1.54) is 25.7 Å². The van der Waals surface area contributed by atoms with E-state index in [9.17, 15) is 0 Å². The second kappa shape index (κ2) is 3.06. The van der Waals surface area contributed by atoms with E-state index in [4.69, 9.17) is 0 Å². The lowest BCUT2D eigenvalue weighted by atomic mass is 9.84. The average molecular weight is 190 g/mol. The van der Waals surface area contributed by atoms with E-state index >= 15 is 0 Å². The van der Waals surface area contributed by atoms with Crippen molar-refractivity contribution in [1.29, 1.82) is 0 Å². The number of hydrogen-bond donors (Lipinski definition) is 0. The van der Waals surface area contributed by atoms with Crippen LogP contribution in [0, 0.1) is 0 Å². The molecule has 0 amide bonds. The molecular weight excluding hydrogens is 176 g/mol. The third-order valence-electron chi connectivity index (χ3n) is 3.30. The first-order valence-electron chi connectivity index (χ1n) is 5.21. The van der Waals surface area contributed by atoms with Crippen LogP contribution in [0.25, 0.3) is 0 Å². The highest BCUT2D eigenvalue weighted by molar-refractivity contribution is 8.00. The highest BCUT2D eigenvalue weighted by Gasteiger charge is 2.34. The van der Waals surface area contributed by atoms with Crippen LogP contribution in [0.1, 0.15) is 37.2 Å². The van der Waals surface area contributed by atoms with Gasteiger partial charge in [0, 0.05) is 10.1 Å². The van der Waals surface area contributed by atoms with Gasteiger partial charge in [-0.3, -0.25) is 0 Å². The zero-order valence-corrected chi connectivity index (χ0v) is 8.52. The summed E-state index contributed by atoms with van der Waals surface area (Å²) in [5, 5.41) is 0.908. The molecule has 1 aliphatic heterocycles. The number of hydrogen-bond acceptors (Lipinski definition) is 1. The van der Waals surface area contributed by atoms with Gasteiger partial charge in [-0.2, -0.15) is 0 Å². The van der Waals surface area contributed by atoms with Crippen LogP contribution in [-0.2, 0) is 0 Å².